The second-order valence-electron chi connectivity index (χ2n) is 5.97. The maximum absolute atomic E-state index is 12.8. The molecule has 2 heterocycles. The zero-order chi connectivity index (χ0) is 18.0. The van der Waals surface area contributed by atoms with Crippen molar-refractivity contribution >= 4 is 17.8 Å². The van der Waals surface area contributed by atoms with Crippen LogP contribution in [-0.2, 0) is 17.9 Å². The third kappa shape index (κ3) is 3.55. The van der Waals surface area contributed by atoms with Gasteiger partial charge in [-0.2, -0.15) is 0 Å². The molecule has 3 rings (SSSR count). The van der Waals surface area contributed by atoms with Crippen LogP contribution < -0.4 is 5.32 Å². The van der Waals surface area contributed by atoms with Crippen LogP contribution in [0.4, 0.5) is 4.79 Å². The molecule has 7 heteroatoms. The molecule has 1 saturated heterocycles. The standard InChI is InChI=1S/C18H19N3O4/c1-12-7-8-14(25-12)11-20(2)17(23)15-6-4-3-5-13(15)10-21-16(22)9-19-18(21)24/h3-8H,9-11H2,1-2H3,(H,19,24). The molecule has 25 heavy (non-hydrogen) atoms. The molecule has 0 aliphatic carbocycles. The average molecular weight is 341 g/mol. The zero-order valence-corrected chi connectivity index (χ0v) is 14.1. The Kier molecular flexibility index (Phi) is 4.56. The van der Waals surface area contributed by atoms with Crippen LogP contribution in [0, 0.1) is 6.92 Å². The lowest BCUT2D eigenvalue weighted by Gasteiger charge is -2.20. The van der Waals surface area contributed by atoms with E-state index < -0.39 is 6.03 Å². The van der Waals surface area contributed by atoms with Crippen molar-refractivity contribution in [2.75, 3.05) is 13.6 Å². The van der Waals surface area contributed by atoms with E-state index >= 15 is 0 Å². The normalized spacial score (nSPS) is 13.9. The minimum atomic E-state index is -0.438. The lowest BCUT2D eigenvalue weighted by molar-refractivity contribution is -0.125. The van der Waals surface area contributed by atoms with Crippen LogP contribution in [0.25, 0.3) is 0 Å². The van der Waals surface area contributed by atoms with Gasteiger partial charge in [0.1, 0.15) is 11.5 Å². The fourth-order valence-corrected chi connectivity index (χ4v) is 2.73. The first-order chi connectivity index (χ1) is 12.0. The van der Waals surface area contributed by atoms with Gasteiger partial charge >= 0.3 is 6.03 Å². The molecule has 0 unspecified atom stereocenters. The van der Waals surface area contributed by atoms with Gasteiger partial charge in [0.15, 0.2) is 0 Å². The van der Waals surface area contributed by atoms with E-state index in [0.717, 1.165) is 10.7 Å². The molecule has 7 nitrogen and oxygen atoms in total. The van der Waals surface area contributed by atoms with Crippen LogP contribution in [0.3, 0.4) is 0 Å². The maximum Gasteiger partial charge on any atom is 0.324 e. The number of furan rings is 1. The van der Waals surface area contributed by atoms with Crippen LogP contribution in [0.5, 0.6) is 0 Å². The van der Waals surface area contributed by atoms with Gasteiger partial charge in [-0.25, -0.2) is 4.79 Å². The number of hydrogen-bond acceptors (Lipinski definition) is 4. The third-order valence-electron chi connectivity index (χ3n) is 4.05. The van der Waals surface area contributed by atoms with Gasteiger partial charge in [-0.3, -0.25) is 14.5 Å². The Balaban J connectivity index is 1.78. The van der Waals surface area contributed by atoms with Gasteiger partial charge in [-0.1, -0.05) is 18.2 Å². The van der Waals surface area contributed by atoms with Crippen LogP contribution >= 0.6 is 0 Å². The van der Waals surface area contributed by atoms with E-state index in [9.17, 15) is 14.4 Å². The minimum Gasteiger partial charge on any atom is -0.464 e. The SMILES string of the molecule is Cc1ccc(CN(C)C(=O)c2ccccc2CN2C(=O)CNC2=O)o1. The molecule has 1 fully saturated rings. The smallest absolute Gasteiger partial charge is 0.324 e. The molecule has 0 radical (unpaired) electrons. The van der Waals surface area contributed by atoms with E-state index in [-0.39, 0.29) is 24.9 Å². The van der Waals surface area contributed by atoms with Gasteiger partial charge in [0.25, 0.3) is 5.91 Å². The van der Waals surface area contributed by atoms with Crippen molar-refractivity contribution in [1.82, 2.24) is 15.1 Å². The first kappa shape index (κ1) is 16.8. The summed E-state index contributed by atoms with van der Waals surface area (Å²) in [6, 6.07) is 10.2. The van der Waals surface area contributed by atoms with Gasteiger partial charge < -0.3 is 14.6 Å². The van der Waals surface area contributed by atoms with Crippen LogP contribution in [0.2, 0.25) is 0 Å². The monoisotopic (exact) mass is 341 g/mol. The summed E-state index contributed by atoms with van der Waals surface area (Å²) in [6.07, 6.45) is 0. The molecule has 1 aromatic carbocycles. The van der Waals surface area contributed by atoms with Crippen LogP contribution in [-0.4, -0.2) is 41.2 Å². The number of hydrogen-bond donors (Lipinski definition) is 1. The minimum absolute atomic E-state index is 0.00725. The van der Waals surface area contributed by atoms with Gasteiger partial charge in [-0.15, -0.1) is 0 Å². The van der Waals surface area contributed by atoms with Crippen molar-refractivity contribution in [2.45, 2.75) is 20.0 Å². The number of carbonyl (C=O) groups excluding carboxylic acids is 3. The van der Waals surface area contributed by atoms with Gasteiger partial charge in [0, 0.05) is 12.6 Å². The fourth-order valence-electron chi connectivity index (χ4n) is 2.73. The molecular formula is C18H19N3O4. The number of amides is 4. The number of nitrogens with one attached hydrogen (secondary N) is 1. The molecule has 1 aliphatic heterocycles. The summed E-state index contributed by atoms with van der Waals surface area (Å²) < 4.78 is 5.51. The molecule has 130 valence electrons. The van der Waals surface area contributed by atoms with Gasteiger partial charge in [-0.05, 0) is 30.7 Å². The molecule has 0 saturated carbocycles. The maximum atomic E-state index is 12.8. The van der Waals surface area contributed by atoms with Crippen molar-refractivity contribution < 1.29 is 18.8 Å². The highest BCUT2D eigenvalue weighted by Gasteiger charge is 2.29. The molecule has 0 spiro atoms. The number of urea groups is 1. The Morgan fingerprint density at radius 1 is 1.24 bits per heavy atom. The van der Waals surface area contributed by atoms with E-state index in [1.54, 1.807) is 36.2 Å². The number of aryl methyl sites for hydroxylation is 1. The summed E-state index contributed by atoms with van der Waals surface area (Å²) in [4.78, 5) is 39.0. The number of benzene rings is 1. The molecule has 2 aromatic rings. The molecule has 0 atom stereocenters. The Morgan fingerprint density at radius 3 is 2.64 bits per heavy atom. The predicted octanol–water partition coefficient (Wildman–Crippen LogP) is 1.91. The summed E-state index contributed by atoms with van der Waals surface area (Å²) in [7, 11) is 1.69. The predicted molar refractivity (Wildman–Crippen MR) is 89.6 cm³/mol. The molecule has 1 N–H and O–H groups in total. The van der Waals surface area contributed by atoms with E-state index in [1.807, 2.05) is 19.1 Å². The molecular weight excluding hydrogens is 322 g/mol. The number of rotatable bonds is 5. The number of nitrogens with zero attached hydrogens (tertiary/aromatic N) is 2. The Hall–Kier alpha value is -3.09. The van der Waals surface area contributed by atoms with E-state index in [0.29, 0.717) is 23.4 Å². The molecule has 1 aromatic heterocycles. The van der Waals surface area contributed by atoms with Crippen molar-refractivity contribution in [2.24, 2.45) is 0 Å². The van der Waals surface area contributed by atoms with Crippen molar-refractivity contribution in [1.29, 1.82) is 0 Å². The summed E-state index contributed by atoms with van der Waals surface area (Å²) in [5.74, 6) is 0.984. The van der Waals surface area contributed by atoms with E-state index in [1.165, 1.54) is 0 Å². The van der Waals surface area contributed by atoms with Gasteiger partial charge in [0.2, 0.25) is 5.91 Å². The van der Waals surface area contributed by atoms with Crippen molar-refractivity contribution in [3.63, 3.8) is 0 Å². The molecule has 0 bridgehead atoms. The summed E-state index contributed by atoms with van der Waals surface area (Å²) >= 11 is 0. The molecule has 1 aliphatic rings. The first-order valence-electron chi connectivity index (χ1n) is 7.92. The highest BCUT2D eigenvalue weighted by molar-refractivity contribution is 6.02. The third-order valence-corrected chi connectivity index (χ3v) is 4.05. The van der Waals surface area contributed by atoms with Gasteiger partial charge in [0.05, 0.1) is 19.6 Å². The Bertz CT molecular complexity index is 811. The fraction of sp³-hybridized carbons (Fsp3) is 0.278. The van der Waals surface area contributed by atoms with Crippen molar-refractivity contribution in [3.8, 4) is 0 Å². The van der Waals surface area contributed by atoms with Crippen molar-refractivity contribution in [3.05, 3.63) is 59.0 Å². The summed E-state index contributed by atoms with van der Waals surface area (Å²) in [6.45, 7) is 2.25. The van der Waals surface area contributed by atoms with Crippen LogP contribution in [0.15, 0.2) is 40.8 Å². The number of carbonyl (C=O) groups is 3. The first-order valence-corrected chi connectivity index (χ1v) is 7.92. The average Bonchev–Trinajstić information content (AvgIpc) is 3.14. The summed E-state index contributed by atoms with van der Waals surface area (Å²) in [5.41, 5.74) is 1.08. The lowest BCUT2D eigenvalue weighted by Crippen LogP contribution is -2.32. The lowest BCUT2D eigenvalue weighted by atomic mass is 10.1. The van der Waals surface area contributed by atoms with Crippen LogP contribution in [0.1, 0.15) is 27.4 Å². The highest BCUT2D eigenvalue weighted by Crippen LogP contribution is 2.17. The topological polar surface area (TPSA) is 82.9 Å². The van der Waals surface area contributed by atoms with E-state index in [4.69, 9.17) is 4.42 Å². The quantitative estimate of drug-likeness (QED) is 0.842. The zero-order valence-electron chi connectivity index (χ0n) is 14.1. The molecule has 4 amide bonds. The second-order valence-corrected chi connectivity index (χ2v) is 5.97. The Morgan fingerprint density at radius 2 is 2.00 bits per heavy atom. The van der Waals surface area contributed by atoms with E-state index in [2.05, 4.69) is 5.32 Å². The second kappa shape index (κ2) is 6.80. The number of imide groups is 1. The highest BCUT2D eigenvalue weighted by atomic mass is 16.3. The largest absolute Gasteiger partial charge is 0.464 e. The summed E-state index contributed by atoms with van der Waals surface area (Å²) in [5, 5.41) is 2.48. The Labute approximate surface area is 145 Å².